The quantitative estimate of drug-likeness (QED) is 0.0161. The summed E-state index contributed by atoms with van der Waals surface area (Å²) in [5.41, 5.74) is 16.0. The Morgan fingerprint density at radius 1 is 0.368 bits per heavy atom. The van der Waals surface area contributed by atoms with Crippen molar-refractivity contribution in [2.45, 2.75) is 92.9 Å². The fourth-order valence-corrected chi connectivity index (χ4v) is 8.53. The van der Waals surface area contributed by atoms with Gasteiger partial charge in [-0.2, -0.15) is 0 Å². The number of anilines is 6. The van der Waals surface area contributed by atoms with Crippen LogP contribution in [0.15, 0.2) is 170 Å². The van der Waals surface area contributed by atoms with E-state index in [1.54, 1.807) is 20.8 Å². The third-order valence-corrected chi connectivity index (χ3v) is 12.8. The van der Waals surface area contributed by atoms with Crippen molar-refractivity contribution in [3.8, 4) is 11.1 Å². The minimum absolute atomic E-state index is 0.170. The summed E-state index contributed by atoms with van der Waals surface area (Å²) in [4.78, 5) is 63.2. The van der Waals surface area contributed by atoms with Crippen LogP contribution in [-0.2, 0) is 68.6 Å². The van der Waals surface area contributed by atoms with Gasteiger partial charge in [-0.15, -0.1) is 0 Å². The van der Waals surface area contributed by atoms with Gasteiger partial charge in [0.2, 0.25) is 5.78 Å². The maximum atomic E-state index is 11.9. The number of hydrogen-bond donors (Lipinski definition) is 0. The van der Waals surface area contributed by atoms with E-state index < -0.39 is 11.8 Å². The summed E-state index contributed by atoms with van der Waals surface area (Å²) in [5.74, 6) is -2.55. The Hall–Kier alpha value is -8.31. The summed E-state index contributed by atoms with van der Waals surface area (Å²) in [7, 11) is 0. The molecule has 6 aromatic carbocycles. The normalized spacial score (nSPS) is 10.8. The molecule has 0 saturated carbocycles. The number of ether oxygens (including phenoxy) is 4. The van der Waals surface area contributed by atoms with Gasteiger partial charge in [0.25, 0.3) is 0 Å². The van der Waals surface area contributed by atoms with Crippen LogP contribution in [0.25, 0.3) is 11.1 Å². The smallest absolute Gasteiger partial charge is 0.374 e. The van der Waals surface area contributed by atoms with Gasteiger partial charge in [0.15, 0.2) is 0 Å². The first-order valence-corrected chi connectivity index (χ1v) is 25.8. The Labute approximate surface area is 448 Å². The van der Waals surface area contributed by atoms with E-state index in [9.17, 15) is 24.0 Å². The molecule has 394 valence electrons. The highest BCUT2D eigenvalue weighted by molar-refractivity contribution is 6.32. The molecule has 6 rings (SSSR count). The van der Waals surface area contributed by atoms with E-state index in [1.807, 2.05) is 0 Å². The Bertz CT molecular complexity index is 2820. The first kappa shape index (κ1) is 57.0. The van der Waals surface area contributed by atoms with E-state index in [4.69, 9.17) is 18.9 Å². The standard InChI is InChI=1S/C65H70N2O9/c1-44(2)62(69)73-38-10-14-50-18-28-56(29-19-50)66(60-36-22-52(47(7)42-60)16-12-40-74-63(70)45(3)4)58-32-24-54(25-33-58)55-26-34-59(35-27-55)67(57-30-20-51(21-31-57)15-11-39-76-65(72)49(9)68)61-37-23-53(48(8)43-61)17-13-41-75-64(71)46(5)6/h18-37,42-43H,1,3,5,10-17,38-41H2,2,4,6-9H3. The van der Waals surface area contributed by atoms with E-state index in [2.05, 4.69) is 177 Å². The zero-order valence-corrected chi connectivity index (χ0v) is 44.9. The molecule has 0 atom stereocenters. The predicted molar refractivity (Wildman–Crippen MR) is 303 cm³/mol. The van der Waals surface area contributed by atoms with Crippen molar-refractivity contribution >= 4 is 63.8 Å². The summed E-state index contributed by atoms with van der Waals surface area (Å²) in [5, 5.41) is 0. The monoisotopic (exact) mass is 1020 g/mol. The Morgan fingerprint density at radius 2 is 0.645 bits per heavy atom. The number of benzene rings is 6. The van der Waals surface area contributed by atoms with Crippen molar-refractivity contribution in [2.24, 2.45) is 0 Å². The molecule has 0 radical (unpaired) electrons. The molecule has 76 heavy (non-hydrogen) atoms. The van der Waals surface area contributed by atoms with Crippen molar-refractivity contribution in [1.29, 1.82) is 0 Å². The second kappa shape index (κ2) is 27.8. The van der Waals surface area contributed by atoms with Crippen LogP contribution >= 0.6 is 0 Å². The Kier molecular flexibility index (Phi) is 20.9. The van der Waals surface area contributed by atoms with E-state index in [-0.39, 0.29) is 24.5 Å². The average Bonchev–Trinajstić information content (AvgIpc) is 3.41. The maximum absolute atomic E-state index is 11.9. The molecule has 0 aliphatic carbocycles. The molecule has 0 amide bonds. The summed E-state index contributed by atoms with van der Waals surface area (Å²) in [6.45, 7) is 22.5. The van der Waals surface area contributed by atoms with E-state index in [0.29, 0.717) is 68.6 Å². The van der Waals surface area contributed by atoms with Crippen LogP contribution in [-0.4, -0.2) is 56.1 Å². The largest absolute Gasteiger partial charge is 0.462 e. The molecular formula is C65H70N2O9. The van der Waals surface area contributed by atoms with Gasteiger partial charge in [-0.3, -0.25) is 4.79 Å². The number of hydrogen-bond acceptors (Lipinski definition) is 11. The molecule has 0 saturated heterocycles. The number of aryl methyl sites for hydroxylation is 6. The SMILES string of the molecule is C=C(C)C(=O)OCCCc1ccc(N(c2ccc(-c3ccc(N(c4ccc(CCCOC(=O)C(C)=O)cc4)c4ccc(CCCOC(=O)C(=C)C)c(C)c4)cc3)cc2)c2ccc(CCCOC(=O)C(=C)C)c(C)c2)cc1. The van der Waals surface area contributed by atoms with Gasteiger partial charge in [0, 0.05) is 57.8 Å². The van der Waals surface area contributed by atoms with Crippen LogP contribution in [0, 0.1) is 13.8 Å². The topological polar surface area (TPSA) is 129 Å². The van der Waals surface area contributed by atoms with Crippen LogP contribution in [0.1, 0.15) is 86.8 Å². The first-order valence-electron chi connectivity index (χ1n) is 25.8. The second-order valence-corrected chi connectivity index (χ2v) is 19.2. The molecule has 0 unspecified atom stereocenters. The third-order valence-electron chi connectivity index (χ3n) is 12.8. The summed E-state index contributed by atoms with van der Waals surface area (Å²) in [6.07, 6.45) is 5.63. The molecule has 0 N–H and O–H groups in total. The van der Waals surface area contributed by atoms with Gasteiger partial charge in [-0.25, -0.2) is 19.2 Å². The number of Topliss-reactive ketones (excluding diaryl/α,β-unsaturated/α-hetero) is 1. The molecule has 11 heteroatoms. The van der Waals surface area contributed by atoms with Crippen LogP contribution in [0.2, 0.25) is 0 Å². The Morgan fingerprint density at radius 3 is 0.934 bits per heavy atom. The van der Waals surface area contributed by atoms with E-state index >= 15 is 0 Å². The second-order valence-electron chi connectivity index (χ2n) is 19.2. The van der Waals surface area contributed by atoms with Gasteiger partial charge in [0.1, 0.15) is 0 Å². The average molecular weight is 1020 g/mol. The van der Waals surface area contributed by atoms with Gasteiger partial charge < -0.3 is 28.7 Å². The Balaban J connectivity index is 1.25. The molecular weight excluding hydrogens is 953 g/mol. The first-order chi connectivity index (χ1) is 36.5. The molecule has 0 spiro atoms. The lowest BCUT2D eigenvalue weighted by Gasteiger charge is -2.27. The molecule has 0 aromatic heterocycles. The minimum Gasteiger partial charge on any atom is -0.462 e. The van der Waals surface area contributed by atoms with Crippen molar-refractivity contribution in [2.75, 3.05) is 36.2 Å². The molecule has 0 aliphatic rings. The molecule has 11 nitrogen and oxygen atoms in total. The predicted octanol–water partition coefficient (Wildman–Crippen LogP) is 14.1. The molecule has 0 bridgehead atoms. The van der Waals surface area contributed by atoms with E-state index in [0.717, 1.165) is 86.8 Å². The van der Waals surface area contributed by atoms with Crippen molar-refractivity contribution < 1.29 is 42.9 Å². The zero-order valence-electron chi connectivity index (χ0n) is 44.9. The van der Waals surface area contributed by atoms with Gasteiger partial charge in [0.05, 0.1) is 26.4 Å². The van der Waals surface area contributed by atoms with Gasteiger partial charge in [-0.1, -0.05) is 80.4 Å². The van der Waals surface area contributed by atoms with Crippen molar-refractivity contribution in [3.05, 3.63) is 203 Å². The number of esters is 4. The fraction of sp³-hybridized carbons (Fsp3) is 0.277. The highest BCUT2D eigenvalue weighted by Crippen LogP contribution is 2.39. The minimum atomic E-state index is -0.815. The van der Waals surface area contributed by atoms with E-state index in [1.165, 1.54) is 18.1 Å². The van der Waals surface area contributed by atoms with Crippen LogP contribution < -0.4 is 9.80 Å². The number of nitrogens with zero attached hydrogens (tertiary/aromatic N) is 2. The van der Waals surface area contributed by atoms with Crippen LogP contribution in [0.3, 0.4) is 0 Å². The summed E-state index contributed by atoms with van der Waals surface area (Å²) < 4.78 is 21.1. The number of carbonyl (C=O) groups is 5. The lowest BCUT2D eigenvalue weighted by atomic mass is 10.0. The van der Waals surface area contributed by atoms with Crippen LogP contribution in [0.5, 0.6) is 0 Å². The number of carbonyl (C=O) groups excluding carboxylic acids is 5. The lowest BCUT2D eigenvalue weighted by Crippen LogP contribution is -2.14. The molecule has 0 aliphatic heterocycles. The van der Waals surface area contributed by atoms with Crippen molar-refractivity contribution in [3.63, 3.8) is 0 Å². The molecule has 0 heterocycles. The summed E-state index contributed by atoms with van der Waals surface area (Å²) in [6, 6.07) is 46.8. The number of ketones is 1. The van der Waals surface area contributed by atoms with Gasteiger partial charge >= 0.3 is 23.9 Å². The molecule has 6 aromatic rings. The number of rotatable bonds is 27. The molecule has 0 fully saturated rings. The fourth-order valence-electron chi connectivity index (χ4n) is 8.53. The van der Waals surface area contributed by atoms with Crippen molar-refractivity contribution in [1.82, 2.24) is 0 Å². The highest BCUT2D eigenvalue weighted by Gasteiger charge is 2.18. The lowest BCUT2D eigenvalue weighted by molar-refractivity contribution is -0.153. The highest BCUT2D eigenvalue weighted by atomic mass is 16.5. The maximum Gasteiger partial charge on any atom is 0.374 e. The third kappa shape index (κ3) is 16.3. The van der Waals surface area contributed by atoms with Crippen LogP contribution in [0.4, 0.5) is 34.1 Å². The summed E-state index contributed by atoms with van der Waals surface area (Å²) >= 11 is 0. The zero-order chi connectivity index (χ0) is 54.7. The van der Waals surface area contributed by atoms with Gasteiger partial charge in [-0.05, 0) is 203 Å².